The second kappa shape index (κ2) is 10.5. The van der Waals surface area contributed by atoms with Crippen molar-refractivity contribution < 1.29 is 23.5 Å². The van der Waals surface area contributed by atoms with Gasteiger partial charge in [-0.05, 0) is 26.0 Å². The topological polar surface area (TPSA) is 107 Å². The molecular weight excluding hydrogens is 384 g/mol. The zero-order valence-corrected chi connectivity index (χ0v) is 17.2. The summed E-state index contributed by atoms with van der Waals surface area (Å²) in [6.45, 7) is 4.65. The maximum Gasteiger partial charge on any atom is 0.277 e. The molecular formula is C18H24N4O5S. The summed E-state index contributed by atoms with van der Waals surface area (Å²) in [4.78, 5) is 25.5. The molecule has 0 unspecified atom stereocenters. The van der Waals surface area contributed by atoms with Gasteiger partial charge in [-0.25, -0.2) is 0 Å². The highest BCUT2D eigenvalue weighted by Crippen LogP contribution is 2.30. The molecule has 0 aliphatic rings. The lowest BCUT2D eigenvalue weighted by atomic mass is 10.2. The van der Waals surface area contributed by atoms with Gasteiger partial charge < -0.3 is 24.1 Å². The number of carbonyl (C=O) groups excluding carboxylic acids is 2. The van der Waals surface area contributed by atoms with Crippen molar-refractivity contribution in [1.29, 1.82) is 0 Å². The Bertz CT molecular complexity index is 789. The fraction of sp³-hybridized carbons (Fsp3) is 0.444. The molecule has 152 valence electrons. The van der Waals surface area contributed by atoms with Crippen molar-refractivity contribution in [1.82, 2.24) is 20.4 Å². The minimum absolute atomic E-state index is 0.0302. The van der Waals surface area contributed by atoms with Crippen molar-refractivity contribution in [2.75, 3.05) is 39.6 Å². The first-order valence-corrected chi connectivity index (χ1v) is 9.73. The summed E-state index contributed by atoms with van der Waals surface area (Å²) < 4.78 is 16.1. The van der Waals surface area contributed by atoms with E-state index in [4.69, 9.17) is 13.9 Å². The molecule has 2 aromatic rings. The van der Waals surface area contributed by atoms with Crippen LogP contribution in [0.25, 0.3) is 11.5 Å². The second-order valence-electron chi connectivity index (χ2n) is 5.62. The van der Waals surface area contributed by atoms with Gasteiger partial charge in [-0.15, -0.1) is 10.2 Å². The lowest BCUT2D eigenvalue weighted by molar-refractivity contribution is -0.133. The summed E-state index contributed by atoms with van der Waals surface area (Å²) in [7, 11) is 3.11. The van der Waals surface area contributed by atoms with Gasteiger partial charge >= 0.3 is 0 Å². The zero-order valence-electron chi connectivity index (χ0n) is 16.4. The van der Waals surface area contributed by atoms with E-state index in [0.717, 1.165) is 11.8 Å². The standard InChI is InChI=1S/C18H24N4O5S/c1-5-19-15(23)10-22(6-2)16(24)11-28-18-21-20-17(27-18)12-7-13(25-3)9-14(8-12)26-4/h7-9H,5-6,10-11H2,1-4H3,(H,19,23). The Kier molecular flexibility index (Phi) is 8.12. The molecule has 0 saturated heterocycles. The van der Waals surface area contributed by atoms with Crippen molar-refractivity contribution in [3.8, 4) is 23.0 Å². The van der Waals surface area contributed by atoms with Gasteiger partial charge in [-0.2, -0.15) is 0 Å². The van der Waals surface area contributed by atoms with Crippen molar-refractivity contribution in [2.45, 2.75) is 19.1 Å². The fourth-order valence-electron chi connectivity index (χ4n) is 2.33. The van der Waals surface area contributed by atoms with Gasteiger partial charge in [0.2, 0.25) is 17.7 Å². The molecule has 9 nitrogen and oxygen atoms in total. The number of nitrogens with zero attached hydrogens (tertiary/aromatic N) is 3. The predicted molar refractivity (Wildman–Crippen MR) is 104 cm³/mol. The van der Waals surface area contributed by atoms with Crippen LogP contribution < -0.4 is 14.8 Å². The number of rotatable bonds is 10. The van der Waals surface area contributed by atoms with Crippen LogP contribution in [0.2, 0.25) is 0 Å². The molecule has 0 aliphatic heterocycles. The summed E-state index contributed by atoms with van der Waals surface area (Å²) in [5.74, 6) is 1.22. The number of hydrogen-bond acceptors (Lipinski definition) is 8. The van der Waals surface area contributed by atoms with E-state index < -0.39 is 0 Å². The van der Waals surface area contributed by atoms with Gasteiger partial charge in [0.25, 0.3) is 5.22 Å². The number of nitrogens with one attached hydrogen (secondary N) is 1. The summed E-state index contributed by atoms with van der Waals surface area (Å²) in [5.41, 5.74) is 0.647. The number of amides is 2. The Labute approximate surface area is 167 Å². The molecule has 0 bridgehead atoms. The largest absolute Gasteiger partial charge is 0.497 e. The van der Waals surface area contributed by atoms with Crippen LogP contribution in [0, 0.1) is 0 Å². The van der Waals surface area contributed by atoms with Crippen molar-refractivity contribution in [3.05, 3.63) is 18.2 Å². The summed E-state index contributed by atoms with van der Waals surface area (Å²) >= 11 is 1.12. The second-order valence-corrected chi connectivity index (χ2v) is 6.55. The average molecular weight is 408 g/mol. The van der Waals surface area contributed by atoms with Crippen LogP contribution in [0.5, 0.6) is 11.5 Å². The maximum atomic E-state index is 12.3. The van der Waals surface area contributed by atoms with E-state index in [1.807, 2.05) is 13.8 Å². The Morgan fingerprint density at radius 3 is 2.39 bits per heavy atom. The molecule has 0 saturated carbocycles. The van der Waals surface area contributed by atoms with E-state index in [1.54, 1.807) is 32.4 Å². The van der Waals surface area contributed by atoms with E-state index in [9.17, 15) is 9.59 Å². The van der Waals surface area contributed by atoms with Gasteiger partial charge in [0.05, 0.1) is 26.5 Å². The Hall–Kier alpha value is -2.75. The van der Waals surface area contributed by atoms with Gasteiger partial charge in [0.15, 0.2) is 0 Å². The number of carbonyl (C=O) groups is 2. The molecule has 1 N–H and O–H groups in total. The third kappa shape index (κ3) is 5.88. The third-order valence-electron chi connectivity index (χ3n) is 3.77. The van der Waals surface area contributed by atoms with Crippen LogP contribution in [0.1, 0.15) is 13.8 Å². The first-order chi connectivity index (χ1) is 13.5. The molecule has 1 heterocycles. The normalized spacial score (nSPS) is 10.4. The van der Waals surface area contributed by atoms with Crippen molar-refractivity contribution in [2.24, 2.45) is 0 Å². The average Bonchev–Trinajstić information content (AvgIpc) is 3.19. The van der Waals surface area contributed by atoms with Crippen LogP contribution in [0.3, 0.4) is 0 Å². The molecule has 0 atom stereocenters. The number of ether oxygens (including phenoxy) is 2. The molecule has 0 radical (unpaired) electrons. The molecule has 28 heavy (non-hydrogen) atoms. The Balaban J connectivity index is 2.01. The number of methoxy groups -OCH3 is 2. The first kappa shape index (κ1) is 21.5. The van der Waals surface area contributed by atoms with Crippen molar-refractivity contribution >= 4 is 23.6 Å². The van der Waals surface area contributed by atoms with Crippen LogP contribution in [0.15, 0.2) is 27.8 Å². The lowest BCUT2D eigenvalue weighted by Crippen LogP contribution is -2.41. The Morgan fingerprint density at radius 1 is 1.14 bits per heavy atom. The van der Waals surface area contributed by atoms with Gasteiger partial charge in [0.1, 0.15) is 11.5 Å². The summed E-state index contributed by atoms with van der Waals surface area (Å²) in [6, 6.07) is 5.24. The highest BCUT2D eigenvalue weighted by molar-refractivity contribution is 7.99. The minimum atomic E-state index is -0.185. The van der Waals surface area contributed by atoms with E-state index >= 15 is 0 Å². The first-order valence-electron chi connectivity index (χ1n) is 8.74. The van der Waals surface area contributed by atoms with Crippen LogP contribution >= 0.6 is 11.8 Å². The molecule has 1 aromatic heterocycles. The maximum absolute atomic E-state index is 12.3. The molecule has 2 rings (SSSR count). The monoisotopic (exact) mass is 408 g/mol. The SMILES string of the molecule is CCNC(=O)CN(CC)C(=O)CSc1nnc(-c2cc(OC)cc(OC)c2)o1. The number of likely N-dealkylation sites (N-methyl/N-ethyl adjacent to an activating group) is 2. The summed E-state index contributed by atoms with van der Waals surface area (Å²) in [6.07, 6.45) is 0. The number of thioether (sulfide) groups is 1. The quantitative estimate of drug-likeness (QED) is 0.594. The van der Waals surface area contributed by atoms with Crippen LogP contribution in [-0.2, 0) is 9.59 Å². The van der Waals surface area contributed by atoms with Crippen molar-refractivity contribution in [3.63, 3.8) is 0 Å². The fourth-order valence-corrected chi connectivity index (χ4v) is 3.00. The molecule has 1 aromatic carbocycles. The van der Waals surface area contributed by atoms with E-state index in [1.165, 1.54) is 4.90 Å². The Morgan fingerprint density at radius 2 is 1.82 bits per heavy atom. The van der Waals surface area contributed by atoms with Crippen LogP contribution in [0.4, 0.5) is 0 Å². The minimum Gasteiger partial charge on any atom is -0.497 e. The summed E-state index contributed by atoms with van der Waals surface area (Å²) in [5, 5.41) is 10.9. The third-order valence-corrected chi connectivity index (χ3v) is 4.57. The molecule has 0 fully saturated rings. The molecule has 0 spiro atoms. The number of hydrogen-bond donors (Lipinski definition) is 1. The smallest absolute Gasteiger partial charge is 0.277 e. The highest BCUT2D eigenvalue weighted by atomic mass is 32.2. The van der Waals surface area contributed by atoms with E-state index in [2.05, 4.69) is 15.5 Å². The zero-order chi connectivity index (χ0) is 20.5. The molecule has 2 amide bonds. The van der Waals surface area contributed by atoms with E-state index in [0.29, 0.717) is 36.0 Å². The lowest BCUT2D eigenvalue weighted by Gasteiger charge is -2.19. The van der Waals surface area contributed by atoms with Gasteiger partial charge in [0, 0.05) is 24.7 Å². The van der Waals surface area contributed by atoms with Gasteiger partial charge in [-0.1, -0.05) is 11.8 Å². The van der Waals surface area contributed by atoms with Gasteiger partial charge in [-0.3, -0.25) is 9.59 Å². The number of benzene rings is 1. The van der Waals surface area contributed by atoms with Crippen LogP contribution in [-0.4, -0.2) is 66.5 Å². The highest BCUT2D eigenvalue weighted by Gasteiger charge is 2.18. The predicted octanol–water partition coefficient (Wildman–Crippen LogP) is 1.83. The molecule has 10 heteroatoms. The van der Waals surface area contributed by atoms with E-state index in [-0.39, 0.29) is 29.3 Å². The molecule has 0 aliphatic carbocycles. The number of aromatic nitrogens is 2.